The minimum Gasteiger partial charge on any atom is -0.870 e. The lowest BCUT2D eigenvalue weighted by Crippen LogP contribution is -2.43. The van der Waals surface area contributed by atoms with Crippen LogP contribution in [0.4, 0.5) is 8.78 Å². The molecule has 11 nitrogen and oxygen atoms in total. The second-order valence-corrected chi connectivity index (χ2v) is 14.8. The Morgan fingerprint density at radius 1 is 1.04 bits per heavy atom. The van der Waals surface area contributed by atoms with Crippen molar-refractivity contribution in [3.63, 3.8) is 0 Å². The maximum Gasteiger partial charge on any atom is 0.387 e. The standard InChI is InChI=1S/C33H35Cl2F2N3O7S.H2O/c1-39(2)31(41)22-5-3-7-24(13-22)48(43,44)40-12-4-6-23(18-40)32(42)46-29(15-25-26(34)16-38-17-27(25)35)21-10-11-28(47-33(36)37)30(14-21)45-19-20-8-9-20;/h3,5,7,10-11,13-14,16-17,20,23,29,33H,4,6,8-9,12,15,18-19H2,1-2H3;1H2/t23-,29-;/m0./s1. The van der Waals surface area contributed by atoms with Crippen LogP contribution < -0.4 is 14.5 Å². The monoisotopic (exact) mass is 743 g/mol. The third kappa shape index (κ3) is 9.57. The highest BCUT2D eigenvalue weighted by molar-refractivity contribution is 7.89. The highest BCUT2D eigenvalue weighted by Crippen LogP contribution is 2.38. The molecule has 2 heterocycles. The molecule has 3 aromatic rings. The Hall–Kier alpha value is -3.56. The minimum atomic E-state index is -4.05. The third-order valence-electron chi connectivity index (χ3n) is 8.21. The highest BCUT2D eigenvalue weighted by Gasteiger charge is 2.36. The number of amides is 1. The predicted octanol–water partition coefficient (Wildman–Crippen LogP) is 5.65. The van der Waals surface area contributed by atoms with Crippen molar-refractivity contribution in [1.82, 2.24) is 9.21 Å². The number of pyridine rings is 1. The fourth-order valence-corrected chi connectivity index (χ4v) is 7.50. The maximum atomic E-state index is 13.8. The summed E-state index contributed by atoms with van der Waals surface area (Å²) in [4.78, 5) is 30.4. The van der Waals surface area contributed by atoms with Gasteiger partial charge in [0.25, 0.3) is 5.91 Å². The lowest BCUT2D eigenvalue weighted by molar-refractivity contribution is -0.377. The van der Waals surface area contributed by atoms with Gasteiger partial charge in [0, 0.05) is 44.7 Å². The number of hydrogen-bond donors (Lipinski definition) is 0. The van der Waals surface area contributed by atoms with Gasteiger partial charge >= 0.3 is 12.6 Å². The van der Waals surface area contributed by atoms with Crippen molar-refractivity contribution >= 4 is 45.1 Å². The number of carbonyl (C=O) groups is 2. The number of aromatic amines is 1. The third-order valence-corrected chi connectivity index (χ3v) is 10.7. The number of aromatic nitrogens is 1. The van der Waals surface area contributed by atoms with Gasteiger partial charge in [-0.25, -0.2) is 13.4 Å². The van der Waals surface area contributed by atoms with Crippen LogP contribution in [0.1, 0.15) is 53.3 Å². The first-order valence-electron chi connectivity index (χ1n) is 15.4. The summed E-state index contributed by atoms with van der Waals surface area (Å²) < 4.78 is 71.5. The van der Waals surface area contributed by atoms with Crippen molar-refractivity contribution in [2.24, 2.45) is 11.8 Å². The number of ether oxygens (including phenoxy) is 3. The molecule has 2 fully saturated rings. The summed E-state index contributed by atoms with van der Waals surface area (Å²) in [6.07, 6.45) is 4.78. The zero-order valence-electron chi connectivity index (χ0n) is 26.8. The topological polar surface area (TPSA) is 147 Å². The Labute approximate surface area is 293 Å². The van der Waals surface area contributed by atoms with Gasteiger partial charge < -0.3 is 24.6 Å². The number of alkyl halides is 2. The molecule has 2 N–H and O–H groups in total. The SMILES string of the molecule is CN(C)C(=O)c1cccc(S(=O)(=O)N2CCC[C@H](C(=O)O[C@@H](Cc3c(Cl)c[nH+]cc3Cl)c3ccc(OC(F)F)c(OCC4CC4)c3)C2)c1.[OH-]. The van der Waals surface area contributed by atoms with E-state index in [1.807, 2.05) is 0 Å². The molecule has 1 aliphatic carbocycles. The van der Waals surface area contributed by atoms with Crippen LogP contribution >= 0.6 is 23.2 Å². The van der Waals surface area contributed by atoms with Gasteiger partial charge in [-0.1, -0.05) is 35.3 Å². The lowest BCUT2D eigenvalue weighted by atomic mass is 9.98. The van der Waals surface area contributed by atoms with Gasteiger partial charge in [0.2, 0.25) is 10.0 Å². The molecule has 1 aromatic heterocycles. The number of nitrogens with zero attached hydrogens (tertiary/aromatic N) is 2. The van der Waals surface area contributed by atoms with Gasteiger partial charge in [-0.3, -0.25) is 9.59 Å². The van der Waals surface area contributed by atoms with Gasteiger partial charge in [-0.15, -0.1) is 0 Å². The number of H-pyrrole nitrogens is 1. The molecule has 5 rings (SSSR count). The van der Waals surface area contributed by atoms with Crippen LogP contribution in [-0.2, 0) is 26.0 Å². The van der Waals surface area contributed by atoms with Crippen molar-refractivity contribution in [3.8, 4) is 11.5 Å². The van der Waals surface area contributed by atoms with Crippen LogP contribution in [0.25, 0.3) is 0 Å². The van der Waals surface area contributed by atoms with E-state index in [0.29, 0.717) is 36.5 Å². The van der Waals surface area contributed by atoms with Crippen LogP contribution in [0, 0.1) is 11.8 Å². The lowest BCUT2D eigenvalue weighted by Gasteiger charge is -2.32. The number of halogens is 4. The Kier molecular flexibility index (Phi) is 12.8. The summed E-state index contributed by atoms with van der Waals surface area (Å²) in [5, 5.41) is 0.577. The molecule has 0 bridgehead atoms. The average Bonchev–Trinajstić information content (AvgIpc) is 3.89. The van der Waals surface area contributed by atoms with Crippen molar-refractivity contribution in [3.05, 3.63) is 81.6 Å². The first kappa shape index (κ1) is 38.2. The Morgan fingerprint density at radius 2 is 1.76 bits per heavy atom. The number of esters is 1. The number of rotatable bonds is 13. The second kappa shape index (κ2) is 16.4. The quantitative estimate of drug-likeness (QED) is 0.204. The molecule has 49 heavy (non-hydrogen) atoms. The average molecular weight is 745 g/mol. The van der Waals surface area contributed by atoms with Crippen LogP contribution in [0.3, 0.4) is 0 Å². The van der Waals surface area contributed by atoms with E-state index >= 15 is 0 Å². The van der Waals surface area contributed by atoms with Crippen LogP contribution in [0.15, 0.2) is 59.8 Å². The van der Waals surface area contributed by atoms with E-state index in [9.17, 15) is 26.8 Å². The molecule has 1 saturated carbocycles. The van der Waals surface area contributed by atoms with E-state index in [-0.39, 0.29) is 62.9 Å². The van der Waals surface area contributed by atoms with Gasteiger partial charge in [-0.05, 0) is 67.5 Å². The molecule has 2 aliphatic rings. The molecule has 1 saturated heterocycles. The van der Waals surface area contributed by atoms with Gasteiger partial charge in [0.15, 0.2) is 23.9 Å². The molecule has 0 spiro atoms. The summed E-state index contributed by atoms with van der Waals surface area (Å²) in [5.74, 6) is -1.58. The van der Waals surface area contributed by atoms with E-state index in [0.717, 1.165) is 12.8 Å². The zero-order valence-corrected chi connectivity index (χ0v) is 29.1. The van der Waals surface area contributed by atoms with Crippen LogP contribution in [0.2, 0.25) is 10.0 Å². The molecular formula is C33H37Cl2F2N3O8S. The van der Waals surface area contributed by atoms with E-state index in [1.165, 1.54) is 64.1 Å². The number of nitrogens with one attached hydrogen (secondary N) is 1. The maximum absolute atomic E-state index is 13.8. The molecule has 0 radical (unpaired) electrons. The summed E-state index contributed by atoms with van der Waals surface area (Å²) in [6, 6.07) is 10.1. The van der Waals surface area contributed by atoms with Crippen LogP contribution in [-0.4, -0.2) is 75.4 Å². The van der Waals surface area contributed by atoms with Crippen molar-refractivity contribution in [2.75, 3.05) is 33.8 Å². The van der Waals surface area contributed by atoms with E-state index < -0.39 is 34.6 Å². The molecular weight excluding hydrogens is 707 g/mol. The van der Waals surface area contributed by atoms with E-state index in [1.54, 1.807) is 14.1 Å². The molecule has 2 aromatic carbocycles. The highest BCUT2D eigenvalue weighted by atomic mass is 35.5. The normalized spacial score (nSPS) is 17.2. The Balaban J connectivity index is 0.00000541. The Bertz CT molecular complexity index is 1740. The Morgan fingerprint density at radius 3 is 2.41 bits per heavy atom. The van der Waals surface area contributed by atoms with Gasteiger partial charge in [0.1, 0.15) is 16.1 Å². The number of sulfonamides is 1. The summed E-state index contributed by atoms with van der Waals surface area (Å²) in [5.41, 5.74) is 1.11. The predicted molar refractivity (Wildman–Crippen MR) is 175 cm³/mol. The van der Waals surface area contributed by atoms with E-state index in [2.05, 4.69) is 9.72 Å². The first-order chi connectivity index (χ1) is 22.8. The molecule has 0 unspecified atom stereocenters. The smallest absolute Gasteiger partial charge is 0.387 e. The summed E-state index contributed by atoms with van der Waals surface area (Å²) in [7, 11) is -0.909. The van der Waals surface area contributed by atoms with Crippen molar-refractivity contribution < 1.29 is 51.5 Å². The zero-order chi connectivity index (χ0) is 34.6. The van der Waals surface area contributed by atoms with Crippen LogP contribution in [0.5, 0.6) is 11.5 Å². The molecule has 16 heteroatoms. The number of hydrogen-bond acceptors (Lipinski definition) is 8. The molecule has 2 atom stereocenters. The number of carbonyl (C=O) groups excluding carboxylic acids is 2. The number of piperidine rings is 1. The first-order valence-corrected chi connectivity index (χ1v) is 17.6. The van der Waals surface area contributed by atoms with Gasteiger partial charge in [0.05, 0.1) is 17.4 Å². The molecule has 1 aliphatic heterocycles. The fraction of sp³-hybridized carbons (Fsp3) is 0.424. The van der Waals surface area contributed by atoms with Crippen molar-refractivity contribution in [1.29, 1.82) is 0 Å². The van der Waals surface area contributed by atoms with Gasteiger partial charge in [-0.2, -0.15) is 13.1 Å². The molecule has 266 valence electrons. The molecule has 1 amide bonds. The minimum absolute atomic E-state index is 0. The largest absolute Gasteiger partial charge is 0.870 e. The number of benzene rings is 2. The van der Waals surface area contributed by atoms with E-state index in [4.69, 9.17) is 32.7 Å². The fourth-order valence-electron chi connectivity index (χ4n) is 5.39. The van der Waals surface area contributed by atoms with Crippen molar-refractivity contribution in [2.45, 2.75) is 49.7 Å². The summed E-state index contributed by atoms with van der Waals surface area (Å²) in [6.45, 7) is -2.72. The summed E-state index contributed by atoms with van der Waals surface area (Å²) >= 11 is 12.9. The second-order valence-electron chi connectivity index (χ2n) is 12.0.